The van der Waals surface area contributed by atoms with Crippen LogP contribution in [0.5, 0.6) is 0 Å². The number of aromatic nitrogens is 1. The number of hydrogen-bond acceptors (Lipinski definition) is 3. The summed E-state index contributed by atoms with van der Waals surface area (Å²) in [6.07, 6.45) is 3.22. The third-order valence-corrected chi connectivity index (χ3v) is 4.69. The molecular formula is C17H18Cl3N5. The lowest BCUT2D eigenvalue weighted by Gasteiger charge is -2.27. The van der Waals surface area contributed by atoms with Crippen LogP contribution in [0.1, 0.15) is 34.7 Å². The van der Waals surface area contributed by atoms with Crippen LogP contribution in [0.15, 0.2) is 35.6 Å². The number of guanidine groups is 1. The minimum atomic E-state index is -0.200. The van der Waals surface area contributed by atoms with Gasteiger partial charge in [-0.2, -0.15) is 5.10 Å². The first kappa shape index (κ1) is 19.5. The molecule has 0 amide bonds. The number of halogens is 3. The van der Waals surface area contributed by atoms with Gasteiger partial charge in [0.05, 0.1) is 11.4 Å². The largest absolute Gasteiger partial charge is 0.369 e. The van der Waals surface area contributed by atoms with Gasteiger partial charge in [0.25, 0.3) is 0 Å². The van der Waals surface area contributed by atoms with E-state index >= 15 is 0 Å². The van der Waals surface area contributed by atoms with Crippen LogP contribution in [0.2, 0.25) is 10.0 Å². The molecule has 1 aromatic heterocycles. The fraction of sp³-hybridized carbons (Fsp3) is 0.235. The molecule has 4 N–H and O–H groups in total. The Kier molecular flexibility index (Phi) is 6.27. The van der Waals surface area contributed by atoms with Crippen LogP contribution in [0, 0.1) is 12.3 Å². The number of hydrogen-bond donors (Lipinski definition) is 3. The molecule has 0 aliphatic heterocycles. The maximum atomic E-state index is 7.33. The van der Waals surface area contributed by atoms with Crippen molar-refractivity contribution in [3.63, 3.8) is 0 Å². The van der Waals surface area contributed by atoms with E-state index in [2.05, 4.69) is 15.5 Å². The molecule has 0 spiro atoms. The summed E-state index contributed by atoms with van der Waals surface area (Å²) in [6.45, 7) is 2.02. The van der Waals surface area contributed by atoms with E-state index in [1.165, 1.54) is 0 Å². The summed E-state index contributed by atoms with van der Waals surface area (Å²) in [5, 5.41) is 13.0. The summed E-state index contributed by atoms with van der Waals surface area (Å²) in [5.41, 5.74) is 12.8. The van der Waals surface area contributed by atoms with E-state index in [-0.39, 0.29) is 24.3 Å². The molecule has 1 unspecified atom stereocenters. The molecule has 0 bridgehead atoms. The SMILES string of the molecule is Cc1ccnc2c1C(=NNC(=N)N)CC(c1cc(Cl)ccc1Cl)C2.Cl. The van der Waals surface area contributed by atoms with Gasteiger partial charge in [-0.15, -0.1) is 12.4 Å². The number of benzene rings is 1. The van der Waals surface area contributed by atoms with Gasteiger partial charge in [0.15, 0.2) is 0 Å². The van der Waals surface area contributed by atoms with Gasteiger partial charge in [0, 0.05) is 21.8 Å². The number of aryl methyl sites for hydroxylation is 1. The number of rotatable bonds is 2. The number of nitrogens with zero attached hydrogens (tertiary/aromatic N) is 2. The number of fused-ring (bicyclic) bond motifs is 1. The Morgan fingerprint density at radius 1 is 1.32 bits per heavy atom. The molecule has 1 heterocycles. The van der Waals surface area contributed by atoms with Crippen LogP contribution >= 0.6 is 35.6 Å². The van der Waals surface area contributed by atoms with Gasteiger partial charge in [-0.05, 0) is 61.1 Å². The highest BCUT2D eigenvalue weighted by molar-refractivity contribution is 6.33. The number of nitrogens with two attached hydrogens (primary N) is 1. The molecule has 1 aliphatic carbocycles. The standard InChI is InChI=1S/C17H17Cl2N5.ClH/c1-9-4-5-22-14-6-10(12-8-11(18)2-3-13(12)19)7-15(16(9)14)23-24-17(20)21;/h2-5,8,10H,6-7H2,1H3,(H4,20,21,24);1H. The second kappa shape index (κ2) is 8.04. The first-order valence-corrected chi connectivity index (χ1v) is 8.27. The van der Waals surface area contributed by atoms with Gasteiger partial charge in [-0.3, -0.25) is 10.4 Å². The molecule has 5 nitrogen and oxygen atoms in total. The molecule has 1 atom stereocenters. The van der Waals surface area contributed by atoms with Crippen molar-refractivity contribution in [3.8, 4) is 0 Å². The monoisotopic (exact) mass is 397 g/mol. The van der Waals surface area contributed by atoms with Crippen molar-refractivity contribution < 1.29 is 0 Å². The Balaban J connectivity index is 0.00000225. The fourth-order valence-electron chi connectivity index (χ4n) is 3.08. The van der Waals surface area contributed by atoms with Crippen molar-refractivity contribution in [2.24, 2.45) is 10.8 Å². The van der Waals surface area contributed by atoms with Gasteiger partial charge < -0.3 is 5.73 Å². The Labute approximate surface area is 162 Å². The van der Waals surface area contributed by atoms with Gasteiger partial charge in [0.1, 0.15) is 0 Å². The Hall–Kier alpha value is -1.82. The van der Waals surface area contributed by atoms with Crippen molar-refractivity contribution >= 4 is 47.3 Å². The highest BCUT2D eigenvalue weighted by Gasteiger charge is 2.28. The predicted molar refractivity (Wildman–Crippen MR) is 105 cm³/mol. The zero-order chi connectivity index (χ0) is 17.3. The fourth-order valence-corrected chi connectivity index (χ4v) is 3.53. The van der Waals surface area contributed by atoms with Gasteiger partial charge in [-0.25, -0.2) is 5.43 Å². The van der Waals surface area contributed by atoms with Crippen LogP contribution < -0.4 is 11.2 Å². The molecule has 2 aromatic rings. The third-order valence-electron chi connectivity index (χ3n) is 4.12. The van der Waals surface area contributed by atoms with Crippen molar-refractivity contribution in [1.82, 2.24) is 10.4 Å². The maximum Gasteiger partial charge on any atom is 0.206 e. The highest BCUT2D eigenvalue weighted by atomic mass is 35.5. The summed E-state index contributed by atoms with van der Waals surface area (Å²) in [6, 6.07) is 7.43. The van der Waals surface area contributed by atoms with Crippen molar-refractivity contribution in [2.75, 3.05) is 0 Å². The molecule has 0 saturated heterocycles. The van der Waals surface area contributed by atoms with Gasteiger partial charge >= 0.3 is 0 Å². The van der Waals surface area contributed by atoms with Crippen LogP contribution in [0.4, 0.5) is 0 Å². The van der Waals surface area contributed by atoms with Crippen LogP contribution in [-0.4, -0.2) is 16.7 Å². The average molecular weight is 399 g/mol. The average Bonchev–Trinajstić information content (AvgIpc) is 2.54. The number of pyridine rings is 1. The van der Waals surface area contributed by atoms with E-state index in [1.54, 1.807) is 12.3 Å². The molecule has 1 aromatic carbocycles. The normalized spacial score (nSPS) is 17.6. The van der Waals surface area contributed by atoms with E-state index in [0.29, 0.717) is 16.5 Å². The lowest BCUT2D eigenvalue weighted by atomic mass is 9.80. The minimum absolute atomic E-state index is 0. The molecule has 0 fully saturated rings. The Morgan fingerprint density at radius 2 is 2.08 bits per heavy atom. The molecule has 0 radical (unpaired) electrons. The summed E-state index contributed by atoms with van der Waals surface area (Å²) < 4.78 is 0. The lowest BCUT2D eigenvalue weighted by molar-refractivity contribution is 0.675. The second-order valence-electron chi connectivity index (χ2n) is 5.80. The minimum Gasteiger partial charge on any atom is -0.369 e. The lowest BCUT2D eigenvalue weighted by Crippen LogP contribution is -2.29. The molecular weight excluding hydrogens is 381 g/mol. The molecule has 1 aliphatic rings. The summed E-state index contributed by atoms with van der Waals surface area (Å²) in [7, 11) is 0. The zero-order valence-corrected chi connectivity index (χ0v) is 15.8. The Morgan fingerprint density at radius 3 is 2.80 bits per heavy atom. The molecule has 8 heteroatoms. The van der Waals surface area contributed by atoms with E-state index in [0.717, 1.165) is 34.5 Å². The molecule has 132 valence electrons. The van der Waals surface area contributed by atoms with Crippen LogP contribution in [-0.2, 0) is 6.42 Å². The predicted octanol–water partition coefficient (Wildman–Crippen LogP) is 4.04. The van der Waals surface area contributed by atoms with E-state index in [9.17, 15) is 0 Å². The first-order chi connectivity index (χ1) is 11.5. The van der Waals surface area contributed by atoms with E-state index in [1.807, 2.05) is 25.1 Å². The summed E-state index contributed by atoms with van der Waals surface area (Å²) >= 11 is 12.5. The third kappa shape index (κ3) is 4.24. The number of hydrazone groups is 1. The van der Waals surface area contributed by atoms with Gasteiger partial charge in [0.2, 0.25) is 5.96 Å². The quantitative estimate of drug-likeness (QED) is 0.405. The Bertz CT molecular complexity index is 835. The number of nitrogens with one attached hydrogen (secondary N) is 2. The summed E-state index contributed by atoms with van der Waals surface area (Å²) in [5.74, 6) is -0.0842. The van der Waals surface area contributed by atoms with Crippen molar-refractivity contribution in [3.05, 3.63) is 62.9 Å². The highest BCUT2D eigenvalue weighted by Crippen LogP contribution is 2.37. The molecule has 0 saturated carbocycles. The zero-order valence-electron chi connectivity index (χ0n) is 13.5. The molecule has 25 heavy (non-hydrogen) atoms. The van der Waals surface area contributed by atoms with Crippen molar-refractivity contribution in [1.29, 1.82) is 5.41 Å². The van der Waals surface area contributed by atoms with E-state index in [4.69, 9.17) is 34.3 Å². The first-order valence-electron chi connectivity index (χ1n) is 7.52. The second-order valence-corrected chi connectivity index (χ2v) is 6.65. The molecule has 3 rings (SSSR count). The van der Waals surface area contributed by atoms with Crippen LogP contribution in [0.3, 0.4) is 0 Å². The summed E-state index contributed by atoms with van der Waals surface area (Å²) in [4.78, 5) is 4.52. The van der Waals surface area contributed by atoms with Crippen LogP contribution in [0.25, 0.3) is 0 Å². The topological polar surface area (TPSA) is 87.2 Å². The van der Waals surface area contributed by atoms with Crippen molar-refractivity contribution in [2.45, 2.75) is 25.7 Å². The van der Waals surface area contributed by atoms with E-state index < -0.39 is 0 Å². The maximum absolute atomic E-state index is 7.33. The van der Waals surface area contributed by atoms with Gasteiger partial charge in [-0.1, -0.05) is 23.2 Å². The smallest absolute Gasteiger partial charge is 0.206 e.